The Balaban J connectivity index is 1.98. The largest absolute Gasteiger partial charge is 0.379 e. The molecule has 0 heterocycles. The molecule has 1 aromatic carbocycles. The van der Waals surface area contributed by atoms with Crippen LogP contribution in [0.25, 0.3) is 0 Å². The molecular formula is C15H23Cl2NO2. The van der Waals surface area contributed by atoms with E-state index in [1.807, 2.05) is 6.07 Å². The molecule has 1 aromatic rings. The van der Waals surface area contributed by atoms with E-state index in [0.717, 1.165) is 31.6 Å². The number of halogens is 2. The van der Waals surface area contributed by atoms with Gasteiger partial charge in [-0.05, 0) is 43.1 Å². The van der Waals surface area contributed by atoms with Crippen molar-refractivity contribution < 1.29 is 9.47 Å². The molecule has 0 aliphatic carbocycles. The Bertz CT molecular complexity index is 375. The summed E-state index contributed by atoms with van der Waals surface area (Å²) in [7, 11) is 0. The van der Waals surface area contributed by atoms with Gasteiger partial charge in [0.1, 0.15) is 0 Å². The number of benzene rings is 1. The van der Waals surface area contributed by atoms with Gasteiger partial charge < -0.3 is 15.2 Å². The predicted octanol–water partition coefficient (Wildman–Crippen LogP) is 4.05. The third-order valence-electron chi connectivity index (χ3n) is 2.88. The predicted molar refractivity (Wildman–Crippen MR) is 84.5 cm³/mol. The Morgan fingerprint density at radius 2 is 1.65 bits per heavy atom. The van der Waals surface area contributed by atoms with Gasteiger partial charge in [-0.1, -0.05) is 36.0 Å². The van der Waals surface area contributed by atoms with Crippen molar-refractivity contribution >= 4 is 23.2 Å². The van der Waals surface area contributed by atoms with Crippen molar-refractivity contribution in [1.82, 2.24) is 0 Å². The fourth-order valence-corrected chi connectivity index (χ4v) is 2.12. The molecule has 1 rings (SSSR count). The van der Waals surface area contributed by atoms with Crippen molar-refractivity contribution in [3.8, 4) is 0 Å². The first-order valence-electron chi connectivity index (χ1n) is 7.03. The van der Waals surface area contributed by atoms with Crippen LogP contribution in [0, 0.1) is 0 Å². The molecule has 0 atom stereocenters. The highest BCUT2D eigenvalue weighted by atomic mass is 35.5. The molecule has 0 unspecified atom stereocenters. The lowest BCUT2D eigenvalue weighted by Gasteiger charge is -2.07. The van der Waals surface area contributed by atoms with Crippen molar-refractivity contribution in [3.05, 3.63) is 33.8 Å². The SMILES string of the molecule is NCCCCCCOCCOCc1cc(Cl)ccc1Cl. The smallest absolute Gasteiger partial charge is 0.0733 e. The second-order valence-electron chi connectivity index (χ2n) is 4.60. The van der Waals surface area contributed by atoms with Gasteiger partial charge in [-0.3, -0.25) is 0 Å². The standard InChI is InChI=1S/C15H23Cl2NO2/c16-14-5-6-15(17)13(11-14)12-20-10-9-19-8-4-2-1-3-7-18/h5-6,11H,1-4,7-10,12,18H2. The van der Waals surface area contributed by atoms with Crippen LogP contribution < -0.4 is 5.73 Å². The van der Waals surface area contributed by atoms with Crippen molar-refractivity contribution in [1.29, 1.82) is 0 Å². The summed E-state index contributed by atoms with van der Waals surface area (Å²) >= 11 is 11.9. The first kappa shape index (κ1) is 17.7. The van der Waals surface area contributed by atoms with Crippen molar-refractivity contribution in [3.63, 3.8) is 0 Å². The highest BCUT2D eigenvalue weighted by molar-refractivity contribution is 6.33. The number of nitrogens with two attached hydrogens (primary N) is 1. The second-order valence-corrected chi connectivity index (χ2v) is 5.45. The first-order chi connectivity index (χ1) is 9.74. The third-order valence-corrected chi connectivity index (χ3v) is 3.48. The maximum absolute atomic E-state index is 6.04. The van der Waals surface area contributed by atoms with Gasteiger partial charge in [0.05, 0.1) is 19.8 Å². The first-order valence-corrected chi connectivity index (χ1v) is 7.79. The quantitative estimate of drug-likeness (QED) is 0.626. The van der Waals surface area contributed by atoms with E-state index in [1.54, 1.807) is 12.1 Å². The van der Waals surface area contributed by atoms with Crippen LogP contribution in [0.2, 0.25) is 10.0 Å². The van der Waals surface area contributed by atoms with Crippen LogP contribution in [-0.2, 0) is 16.1 Å². The maximum Gasteiger partial charge on any atom is 0.0733 e. The van der Waals surface area contributed by atoms with Gasteiger partial charge in [0.25, 0.3) is 0 Å². The van der Waals surface area contributed by atoms with E-state index in [0.29, 0.717) is 29.9 Å². The molecule has 0 fully saturated rings. The van der Waals surface area contributed by atoms with E-state index in [2.05, 4.69) is 0 Å². The zero-order valence-corrected chi connectivity index (χ0v) is 13.3. The molecule has 0 radical (unpaired) electrons. The van der Waals surface area contributed by atoms with Crippen molar-refractivity contribution in [2.45, 2.75) is 32.3 Å². The van der Waals surface area contributed by atoms with Crippen LogP contribution in [0.5, 0.6) is 0 Å². The Morgan fingerprint density at radius 3 is 2.45 bits per heavy atom. The molecule has 0 saturated heterocycles. The summed E-state index contributed by atoms with van der Waals surface area (Å²) in [4.78, 5) is 0. The summed E-state index contributed by atoms with van der Waals surface area (Å²) in [6.45, 7) is 3.19. The zero-order chi connectivity index (χ0) is 14.6. The Labute approximate surface area is 131 Å². The van der Waals surface area contributed by atoms with E-state index in [1.165, 1.54) is 12.8 Å². The summed E-state index contributed by atoms with van der Waals surface area (Å²) in [6.07, 6.45) is 4.55. The molecule has 5 heteroatoms. The molecule has 2 N–H and O–H groups in total. The van der Waals surface area contributed by atoms with E-state index in [4.69, 9.17) is 38.4 Å². The molecule has 0 aliphatic rings. The molecule has 20 heavy (non-hydrogen) atoms. The zero-order valence-electron chi connectivity index (χ0n) is 11.7. The van der Waals surface area contributed by atoms with Gasteiger partial charge in [-0.25, -0.2) is 0 Å². The monoisotopic (exact) mass is 319 g/mol. The number of hydrogen-bond acceptors (Lipinski definition) is 3. The summed E-state index contributed by atoms with van der Waals surface area (Å²) in [5, 5.41) is 1.34. The molecule has 0 amide bonds. The summed E-state index contributed by atoms with van der Waals surface area (Å²) in [5.74, 6) is 0. The van der Waals surface area contributed by atoms with Gasteiger partial charge in [0.2, 0.25) is 0 Å². The molecule has 3 nitrogen and oxygen atoms in total. The van der Waals surface area contributed by atoms with Gasteiger partial charge in [-0.2, -0.15) is 0 Å². The minimum atomic E-state index is 0.458. The number of unbranched alkanes of at least 4 members (excludes halogenated alkanes) is 3. The Morgan fingerprint density at radius 1 is 0.900 bits per heavy atom. The van der Waals surface area contributed by atoms with Crippen LogP contribution >= 0.6 is 23.2 Å². The topological polar surface area (TPSA) is 44.5 Å². The molecular weight excluding hydrogens is 297 g/mol. The Hall–Kier alpha value is -0.320. The number of rotatable bonds is 11. The fraction of sp³-hybridized carbons (Fsp3) is 0.600. The molecule has 0 aromatic heterocycles. The molecule has 0 bridgehead atoms. The summed E-state index contributed by atoms with van der Waals surface area (Å²) in [5.41, 5.74) is 6.33. The average molecular weight is 320 g/mol. The van der Waals surface area contributed by atoms with Crippen LogP contribution in [0.4, 0.5) is 0 Å². The van der Waals surface area contributed by atoms with Gasteiger partial charge in [0.15, 0.2) is 0 Å². The minimum Gasteiger partial charge on any atom is -0.379 e. The molecule has 0 spiro atoms. The van der Waals surface area contributed by atoms with Gasteiger partial charge in [-0.15, -0.1) is 0 Å². The van der Waals surface area contributed by atoms with E-state index < -0.39 is 0 Å². The van der Waals surface area contributed by atoms with Gasteiger partial charge >= 0.3 is 0 Å². The fourth-order valence-electron chi connectivity index (χ4n) is 1.76. The number of ether oxygens (including phenoxy) is 2. The van der Waals surface area contributed by atoms with Crippen LogP contribution in [-0.4, -0.2) is 26.4 Å². The lowest BCUT2D eigenvalue weighted by molar-refractivity contribution is 0.0393. The van der Waals surface area contributed by atoms with Crippen LogP contribution in [0.1, 0.15) is 31.2 Å². The number of hydrogen-bond donors (Lipinski definition) is 1. The summed E-state index contributed by atoms with van der Waals surface area (Å²) in [6, 6.07) is 5.36. The van der Waals surface area contributed by atoms with Crippen molar-refractivity contribution in [2.75, 3.05) is 26.4 Å². The molecule has 0 aliphatic heterocycles. The highest BCUT2D eigenvalue weighted by Gasteiger charge is 2.01. The lowest BCUT2D eigenvalue weighted by atomic mass is 10.2. The maximum atomic E-state index is 6.04. The van der Waals surface area contributed by atoms with Crippen LogP contribution in [0.3, 0.4) is 0 Å². The highest BCUT2D eigenvalue weighted by Crippen LogP contribution is 2.21. The van der Waals surface area contributed by atoms with Crippen LogP contribution in [0.15, 0.2) is 18.2 Å². The van der Waals surface area contributed by atoms with E-state index >= 15 is 0 Å². The molecule has 0 saturated carbocycles. The average Bonchev–Trinajstić information content (AvgIpc) is 2.44. The van der Waals surface area contributed by atoms with Gasteiger partial charge in [0, 0.05) is 16.7 Å². The Kier molecular flexibility index (Phi) is 10.1. The van der Waals surface area contributed by atoms with Crippen molar-refractivity contribution in [2.24, 2.45) is 5.73 Å². The summed E-state index contributed by atoms with van der Waals surface area (Å²) < 4.78 is 11.0. The second kappa shape index (κ2) is 11.4. The lowest BCUT2D eigenvalue weighted by Crippen LogP contribution is -2.06. The van der Waals surface area contributed by atoms with E-state index in [9.17, 15) is 0 Å². The molecule has 114 valence electrons. The third kappa shape index (κ3) is 8.08. The normalized spacial score (nSPS) is 10.9. The van der Waals surface area contributed by atoms with E-state index in [-0.39, 0.29) is 0 Å². The minimum absolute atomic E-state index is 0.458.